The summed E-state index contributed by atoms with van der Waals surface area (Å²) in [7, 11) is 1.58. The Kier molecular flexibility index (Phi) is 4.90. The van der Waals surface area contributed by atoms with Crippen LogP contribution in [-0.4, -0.2) is 28.0 Å². The van der Waals surface area contributed by atoms with E-state index in [1.54, 1.807) is 11.8 Å². The van der Waals surface area contributed by atoms with Gasteiger partial charge in [0.2, 0.25) is 0 Å². The van der Waals surface area contributed by atoms with Crippen LogP contribution in [0, 0.1) is 13.8 Å². The van der Waals surface area contributed by atoms with Gasteiger partial charge in [-0.3, -0.25) is 4.79 Å². The van der Waals surface area contributed by atoms with E-state index in [-0.39, 0.29) is 18.2 Å². The van der Waals surface area contributed by atoms with Crippen molar-refractivity contribution < 1.29 is 9.53 Å². The van der Waals surface area contributed by atoms with Crippen molar-refractivity contribution in [2.24, 2.45) is 0 Å². The van der Waals surface area contributed by atoms with Gasteiger partial charge >= 0.3 is 0 Å². The molecule has 128 valence electrons. The second-order valence-electron chi connectivity index (χ2n) is 5.90. The Labute approximate surface area is 146 Å². The number of amides is 1. The van der Waals surface area contributed by atoms with Gasteiger partial charge in [-0.2, -0.15) is 0 Å². The van der Waals surface area contributed by atoms with Crippen LogP contribution in [0.5, 0.6) is 0 Å². The summed E-state index contributed by atoms with van der Waals surface area (Å²) in [6.45, 7) is 4.22. The molecule has 25 heavy (non-hydrogen) atoms. The summed E-state index contributed by atoms with van der Waals surface area (Å²) in [4.78, 5) is 12.7. The fraction of sp³-hybridized carbons (Fsp3) is 0.211. The summed E-state index contributed by atoms with van der Waals surface area (Å²) in [6, 6.07) is 15.4. The van der Waals surface area contributed by atoms with Crippen LogP contribution in [0.4, 0.5) is 5.69 Å². The van der Waals surface area contributed by atoms with Crippen molar-refractivity contribution in [3.05, 3.63) is 71.0 Å². The molecule has 1 N–H and O–H groups in total. The zero-order valence-corrected chi connectivity index (χ0v) is 14.5. The van der Waals surface area contributed by atoms with Gasteiger partial charge in [-0.1, -0.05) is 29.5 Å². The largest absolute Gasteiger partial charge is 0.378 e. The SMILES string of the molecule is COCc1c(C(=O)Nc2cc(C)cc(C)c2)nnn1-c1ccccc1. The zero-order chi connectivity index (χ0) is 17.8. The number of hydrogen-bond donors (Lipinski definition) is 1. The summed E-state index contributed by atoms with van der Waals surface area (Å²) in [5.74, 6) is -0.306. The second-order valence-corrected chi connectivity index (χ2v) is 5.90. The van der Waals surface area contributed by atoms with Crippen LogP contribution in [0.25, 0.3) is 5.69 Å². The van der Waals surface area contributed by atoms with Crippen LogP contribution in [0.1, 0.15) is 27.3 Å². The fourth-order valence-electron chi connectivity index (χ4n) is 2.76. The third-order valence-corrected chi connectivity index (χ3v) is 3.74. The van der Waals surface area contributed by atoms with Crippen molar-refractivity contribution in [2.45, 2.75) is 20.5 Å². The van der Waals surface area contributed by atoms with Crippen LogP contribution in [0.2, 0.25) is 0 Å². The molecule has 6 heteroatoms. The number of para-hydroxylation sites is 1. The molecule has 0 aliphatic rings. The maximum Gasteiger partial charge on any atom is 0.278 e. The van der Waals surface area contributed by atoms with E-state index in [0.717, 1.165) is 22.5 Å². The standard InChI is InChI=1S/C19H20N4O2/c1-13-9-14(2)11-15(10-13)20-19(24)18-17(12-25-3)23(22-21-18)16-7-5-4-6-8-16/h4-11H,12H2,1-3H3,(H,20,24). The normalized spacial score (nSPS) is 10.7. The molecule has 3 aromatic rings. The summed E-state index contributed by atoms with van der Waals surface area (Å²) in [6.07, 6.45) is 0. The van der Waals surface area contributed by atoms with E-state index in [1.165, 1.54) is 0 Å². The first-order valence-corrected chi connectivity index (χ1v) is 7.97. The first-order valence-electron chi connectivity index (χ1n) is 7.97. The van der Waals surface area contributed by atoms with Gasteiger partial charge in [0.25, 0.3) is 5.91 Å². The highest BCUT2D eigenvalue weighted by Crippen LogP contribution is 2.18. The number of carbonyl (C=O) groups is 1. The molecule has 0 aliphatic carbocycles. The predicted octanol–water partition coefficient (Wildman–Crippen LogP) is 3.28. The molecule has 3 rings (SSSR count). The number of aryl methyl sites for hydroxylation is 2. The van der Waals surface area contributed by atoms with E-state index in [2.05, 4.69) is 21.7 Å². The third kappa shape index (κ3) is 3.75. The molecule has 0 saturated heterocycles. The number of ether oxygens (including phenoxy) is 1. The average molecular weight is 336 g/mol. The van der Waals surface area contributed by atoms with Gasteiger partial charge in [-0.05, 0) is 49.2 Å². The lowest BCUT2D eigenvalue weighted by Gasteiger charge is -2.09. The molecule has 1 amide bonds. The number of carbonyl (C=O) groups excluding carboxylic acids is 1. The van der Waals surface area contributed by atoms with Gasteiger partial charge in [0.1, 0.15) is 5.69 Å². The number of nitrogens with one attached hydrogen (secondary N) is 1. The van der Waals surface area contributed by atoms with Crippen LogP contribution >= 0.6 is 0 Å². The van der Waals surface area contributed by atoms with E-state index < -0.39 is 0 Å². The number of nitrogens with zero attached hydrogens (tertiary/aromatic N) is 3. The van der Waals surface area contributed by atoms with E-state index in [4.69, 9.17) is 4.74 Å². The molecular weight excluding hydrogens is 316 g/mol. The molecule has 0 spiro atoms. The highest BCUT2D eigenvalue weighted by Gasteiger charge is 2.20. The lowest BCUT2D eigenvalue weighted by molar-refractivity contribution is 0.101. The number of rotatable bonds is 5. The molecule has 1 aromatic heterocycles. The lowest BCUT2D eigenvalue weighted by atomic mass is 10.1. The number of methoxy groups -OCH3 is 1. The van der Waals surface area contributed by atoms with Gasteiger partial charge in [0.15, 0.2) is 5.69 Å². The topological polar surface area (TPSA) is 69.0 Å². The Morgan fingerprint density at radius 2 is 1.80 bits per heavy atom. The van der Waals surface area contributed by atoms with E-state index in [9.17, 15) is 4.79 Å². The Hall–Kier alpha value is -2.99. The van der Waals surface area contributed by atoms with E-state index in [0.29, 0.717) is 5.69 Å². The number of benzene rings is 2. The second kappa shape index (κ2) is 7.27. The summed E-state index contributed by atoms with van der Waals surface area (Å²) < 4.78 is 6.87. The van der Waals surface area contributed by atoms with Crippen LogP contribution < -0.4 is 5.32 Å². The van der Waals surface area contributed by atoms with Crippen molar-refractivity contribution in [1.29, 1.82) is 0 Å². The van der Waals surface area contributed by atoms with Crippen molar-refractivity contribution >= 4 is 11.6 Å². The number of anilines is 1. The molecular formula is C19H20N4O2. The summed E-state index contributed by atoms with van der Waals surface area (Å²) in [5, 5.41) is 11.1. The molecule has 0 aliphatic heterocycles. The van der Waals surface area contributed by atoms with Gasteiger partial charge in [-0.25, -0.2) is 4.68 Å². The maximum atomic E-state index is 12.7. The molecule has 0 unspecified atom stereocenters. The molecule has 0 radical (unpaired) electrons. The van der Waals surface area contributed by atoms with Crippen molar-refractivity contribution in [3.63, 3.8) is 0 Å². The van der Waals surface area contributed by atoms with E-state index >= 15 is 0 Å². The first kappa shape index (κ1) is 16.9. The Morgan fingerprint density at radius 3 is 2.44 bits per heavy atom. The summed E-state index contributed by atoms with van der Waals surface area (Å²) >= 11 is 0. The quantitative estimate of drug-likeness (QED) is 0.776. The van der Waals surface area contributed by atoms with Gasteiger partial charge < -0.3 is 10.1 Å². The van der Waals surface area contributed by atoms with Gasteiger partial charge in [0.05, 0.1) is 12.3 Å². The zero-order valence-electron chi connectivity index (χ0n) is 14.5. The molecule has 0 saturated carbocycles. The maximum absolute atomic E-state index is 12.7. The highest BCUT2D eigenvalue weighted by atomic mass is 16.5. The van der Waals surface area contributed by atoms with Crippen molar-refractivity contribution in [1.82, 2.24) is 15.0 Å². The third-order valence-electron chi connectivity index (χ3n) is 3.74. The highest BCUT2D eigenvalue weighted by molar-refractivity contribution is 6.03. The molecule has 0 bridgehead atoms. The number of hydrogen-bond acceptors (Lipinski definition) is 4. The van der Waals surface area contributed by atoms with Crippen LogP contribution in [-0.2, 0) is 11.3 Å². The Morgan fingerprint density at radius 1 is 1.12 bits per heavy atom. The Bertz CT molecular complexity index is 867. The smallest absolute Gasteiger partial charge is 0.278 e. The lowest BCUT2D eigenvalue weighted by Crippen LogP contribution is -2.16. The minimum absolute atomic E-state index is 0.234. The van der Waals surface area contributed by atoms with Gasteiger partial charge in [-0.15, -0.1) is 5.10 Å². The number of aromatic nitrogens is 3. The van der Waals surface area contributed by atoms with E-state index in [1.807, 2.05) is 56.3 Å². The molecule has 0 atom stereocenters. The summed E-state index contributed by atoms with van der Waals surface area (Å²) in [5.41, 5.74) is 4.59. The molecule has 2 aromatic carbocycles. The molecule has 0 fully saturated rings. The minimum Gasteiger partial charge on any atom is -0.378 e. The first-order chi connectivity index (χ1) is 12.1. The van der Waals surface area contributed by atoms with Crippen LogP contribution in [0.3, 0.4) is 0 Å². The fourth-order valence-corrected chi connectivity index (χ4v) is 2.76. The van der Waals surface area contributed by atoms with Gasteiger partial charge in [0, 0.05) is 12.8 Å². The minimum atomic E-state index is -0.306. The van der Waals surface area contributed by atoms with Crippen molar-refractivity contribution in [2.75, 3.05) is 12.4 Å². The molecule has 6 nitrogen and oxygen atoms in total. The molecule has 1 heterocycles. The average Bonchev–Trinajstić information content (AvgIpc) is 2.99. The van der Waals surface area contributed by atoms with Crippen LogP contribution in [0.15, 0.2) is 48.5 Å². The van der Waals surface area contributed by atoms with Crippen molar-refractivity contribution in [3.8, 4) is 5.69 Å². The Balaban J connectivity index is 1.93. The predicted molar refractivity (Wildman–Crippen MR) is 95.9 cm³/mol. The monoisotopic (exact) mass is 336 g/mol.